The van der Waals surface area contributed by atoms with Crippen LogP contribution in [0.1, 0.15) is 21.5 Å². The van der Waals surface area contributed by atoms with Gasteiger partial charge in [0.2, 0.25) is 0 Å². The van der Waals surface area contributed by atoms with Crippen LogP contribution in [0.4, 0.5) is 0 Å². The molecule has 0 fully saturated rings. The van der Waals surface area contributed by atoms with Crippen molar-refractivity contribution in [2.45, 2.75) is 6.92 Å². The van der Waals surface area contributed by atoms with E-state index in [1.807, 2.05) is 37.3 Å². The van der Waals surface area contributed by atoms with E-state index in [-0.39, 0.29) is 5.91 Å². The minimum absolute atomic E-state index is 0.120. The number of aryl methyl sites for hydroxylation is 1. The Morgan fingerprint density at radius 2 is 2.00 bits per heavy atom. The maximum absolute atomic E-state index is 12.3. The van der Waals surface area contributed by atoms with Gasteiger partial charge < -0.3 is 9.64 Å². The third-order valence-corrected chi connectivity index (χ3v) is 3.27. The van der Waals surface area contributed by atoms with E-state index in [9.17, 15) is 4.79 Å². The smallest absolute Gasteiger partial charge is 0.253 e. The Bertz CT molecular complexity index is 704. The van der Waals surface area contributed by atoms with Crippen molar-refractivity contribution in [3.8, 4) is 11.8 Å². The molecule has 0 spiro atoms. The van der Waals surface area contributed by atoms with Gasteiger partial charge in [-0.3, -0.25) is 4.79 Å². The molecule has 0 radical (unpaired) electrons. The summed E-state index contributed by atoms with van der Waals surface area (Å²) >= 11 is 0. The molecule has 0 unspecified atom stereocenters. The van der Waals surface area contributed by atoms with Gasteiger partial charge in [0.15, 0.2) is 0 Å². The van der Waals surface area contributed by atoms with Crippen LogP contribution in [0, 0.1) is 18.3 Å². The van der Waals surface area contributed by atoms with Crippen LogP contribution >= 0.6 is 0 Å². The maximum atomic E-state index is 12.3. The molecule has 0 atom stereocenters. The fourth-order valence-corrected chi connectivity index (χ4v) is 2.05. The van der Waals surface area contributed by atoms with Gasteiger partial charge >= 0.3 is 0 Å². The van der Waals surface area contributed by atoms with Crippen molar-refractivity contribution < 1.29 is 9.53 Å². The molecular weight excluding hydrogens is 276 g/mol. The zero-order valence-corrected chi connectivity index (χ0v) is 12.7. The van der Waals surface area contributed by atoms with Crippen molar-refractivity contribution in [2.75, 3.05) is 20.2 Å². The molecule has 0 heterocycles. The van der Waals surface area contributed by atoms with Crippen molar-refractivity contribution in [1.29, 1.82) is 5.26 Å². The first-order valence-corrected chi connectivity index (χ1v) is 7.05. The number of benzene rings is 2. The Morgan fingerprint density at radius 1 is 1.23 bits per heavy atom. The van der Waals surface area contributed by atoms with E-state index in [0.29, 0.717) is 24.3 Å². The molecule has 22 heavy (non-hydrogen) atoms. The number of nitrogens with zero attached hydrogens (tertiary/aromatic N) is 2. The number of carbonyl (C=O) groups is 1. The van der Waals surface area contributed by atoms with Crippen LogP contribution in [0.5, 0.6) is 5.75 Å². The summed E-state index contributed by atoms with van der Waals surface area (Å²) < 4.78 is 5.64. The summed E-state index contributed by atoms with van der Waals surface area (Å²) in [4.78, 5) is 13.9. The predicted octanol–water partition coefficient (Wildman–Crippen LogP) is 3.02. The topological polar surface area (TPSA) is 53.3 Å². The molecule has 0 aliphatic heterocycles. The fraction of sp³-hybridized carbons (Fsp3) is 0.222. The molecule has 2 rings (SSSR count). The van der Waals surface area contributed by atoms with Gasteiger partial charge in [0.25, 0.3) is 5.91 Å². The third kappa shape index (κ3) is 4.10. The molecule has 0 saturated heterocycles. The van der Waals surface area contributed by atoms with Crippen LogP contribution in [0.2, 0.25) is 0 Å². The van der Waals surface area contributed by atoms with E-state index >= 15 is 0 Å². The van der Waals surface area contributed by atoms with Gasteiger partial charge in [-0.1, -0.05) is 18.2 Å². The SMILES string of the molecule is Cc1cccc(OCCN(C)C(=O)c2cccc(C#N)c2)c1. The fourth-order valence-electron chi connectivity index (χ4n) is 2.05. The summed E-state index contributed by atoms with van der Waals surface area (Å²) in [6.45, 7) is 2.90. The van der Waals surface area contributed by atoms with E-state index in [1.54, 1.807) is 36.2 Å². The Labute approximate surface area is 130 Å². The Hall–Kier alpha value is -2.80. The van der Waals surface area contributed by atoms with E-state index < -0.39 is 0 Å². The predicted molar refractivity (Wildman–Crippen MR) is 84.8 cm³/mol. The molecule has 1 amide bonds. The summed E-state index contributed by atoms with van der Waals surface area (Å²) in [7, 11) is 1.72. The van der Waals surface area contributed by atoms with E-state index in [1.165, 1.54) is 0 Å². The van der Waals surface area contributed by atoms with E-state index in [0.717, 1.165) is 11.3 Å². The monoisotopic (exact) mass is 294 g/mol. The zero-order chi connectivity index (χ0) is 15.9. The average molecular weight is 294 g/mol. The van der Waals surface area contributed by atoms with Crippen LogP contribution in [-0.4, -0.2) is 31.0 Å². The van der Waals surface area contributed by atoms with Crippen molar-refractivity contribution in [1.82, 2.24) is 4.90 Å². The largest absolute Gasteiger partial charge is 0.492 e. The molecule has 0 aliphatic rings. The summed E-state index contributed by atoms with van der Waals surface area (Å²) in [5.74, 6) is 0.678. The quantitative estimate of drug-likeness (QED) is 0.851. The summed E-state index contributed by atoms with van der Waals surface area (Å²) in [6.07, 6.45) is 0. The van der Waals surface area contributed by atoms with Gasteiger partial charge in [0, 0.05) is 12.6 Å². The lowest BCUT2D eigenvalue weighted by Gasteiger charge is -2.17. The van der Waals surface area contributed by atoms with Crippen molar-refractivity contribution in [2.24, 2.45) is 0 Å². The van der Waals surface area contributed by atoms with Crippen molar-refractivity contribution >= 4 is 5.91 Å². The van der Waals surface area contributed by atoms with Crippen LogP contribution < -0.4 is 4.74 Å². The van der Waals surface area contributed by atoms with Crippen LogP contribution in [0.25, 0.3) is 0 Å². The van der Waals surface area contributed by atoms with Gasteiger partial charge in [-0.25, -0.2) is 0 Å². The van der Waals surface area contributed by atoms with Crippen LogP contribution in [-0.2, 0) is 0 Å². The second kappa shape index (κ2) is 7.28. The number of hydrogen-bond acceptors (Lipinski definition) is 3. The second-order valence-corrected chi connectivity index (χ2v) is 5.08. The maximum Gasteiger partial charge on any atom is 0.253 e. The first kappa shape index (κ1) is 15.6. The summed E-state index contributed by atoms with van der Waals surface area (Å²) in [5.41, 5.74) is 2.13. The molecule has 2 aromatic rings. The molecule has 2 aromatic carbocycles. The van der Waals surface area contributed by atoms with Gasteiger partial charge in [-0.15, -0.1) is 0 Å². The standard InChI is InChI=1S/C18H18N2O2/c1-14-5-3-8-17(11-14)22-10-9-20(2)18(21)16-7-4-6-15(12-16)13-19/h3-8,11-12H,9-10H2,1-2H3. The Morgan fingerprint density at radius 3 is 2.73 bits per heavy atom. The number of amides is 1. The molecule has 4 heteroatoms. The van der Waals surface area contributed by atoms with Gasteiger partial charge in [-0.05, 0) is 42.8 Å². The highest BCUT2D eigenvalue weighted by Crippen LogP contribution is 2.12. The zero-order valence-electron chi connectivity index (χ0n) is 12.7. The minimum atomic E-state index is -0.120. The molecular formula is C18H18N2O2. The molecule has 4 nitrogen and oxygen atoms in total. The molecule has 0 saturated carbocycles. The summed E-state index contributed by atoms with van der Waals surface area (Å²) in [5, 5.41) is 8.88. The molecule has 0 aromatic heterocycles. The second-order valence-electron chi connectivity index (χ2n) is 5.08. The lowest BCUT2D eigenvalue weighted by Crippen LogP contribution is -2.30. The first-order chi connectivity index (χ1) is 10.6. The lowest BCUT2D eigenvalue weighted by molar-refractivity contribution is 0.0773. The number of nitriles is 1. The van der Waals surface area contributed by atoms with Crippen molar-refractivity contribution in [3.05, 3.63) is 65.2 Å². The molecule has 112 valence electrons. The average Bonchev–Trinajstić information content (AvgIpc) is 2.54. The first-order valence-electron chi connectivity index (χ1n) is 7.05. The highest BCUT2D eigenvalue weighted by Gasteiger charge is 2.12. The Kier molecular flexibility index (Phi) is 5.16. The molecule has 0 aliphatic carbocycles. The highest BCUT2D eigenvalue weighted by atomic mass is 16.5. The third-order valence-electron chi connectivity index (χ3n) is 3.27. The molecule has 0 bridgehead atoms. The van der Waals surface area contributed by atoms with Gasteiger partial charge in [0.1, 0.15) is 12.4 Å². The number of likely N-dealkylation sites (N-methyl/N-ethyl adjacent to an activating group) is 1. The number of carbonyl (C=O) groups excluding carboxylic acids is 1. The minimum Gasteiger partial charge on any atom is -0.492 e. The van der Waals surface area contributed by atoms with Gasteiger partial charge in [-0.2, -0.15) is 5.26 Å². The normalized spacial score (nSPS) is 9.86. The molecule has 0 N–H and O–H groups in total. The lowest BCUT2D eigenvalue weighted by atomic mass is 10.1. The van der Waals surface area contributed by atoms with Crippen LogP contribution in [0.15, 0.2) is 48.5 Å². The van der Waals surface area contributed by atoms with E-state index in [4.69, 9.17) is 10.00 Å². The van der Waals surface area contributed by atoms with Gasteiger partial charge in [0.05, 0.1) is 18.2 Å². The number of hydrogen-bond donors (Lipinski definition) is 0. The number of rotatable bonds is 5. The summed E-state index contributed by atoms with van der Waals surface area (Å²) in [6, 6.07) is 16.5. The number of ether oxygens (including phenoxy) is 1. The highest BCUT2D eigenvalue weighted by molar-refractivity contribution is 5.94. The van der Waals surface area contributed by atoms with E-state index in [2.05, 4.69) is 0 Å². The van der Waals surface area contributed by atoms with Crippen LogP contribution in [0.3, 0.4) is 0 Å². The van der Waals surface area contributed by atoms with Crippen molar-refractivity contribution in [3.63, 3.8) is 0 Å². The Balaban J connectivity index is 1.90.